The first-order valence-electron chi connectivity index (χ1n) is 11.7. The van der Waals surface area contributed by atoms with Crippen molar-refractivity contribution in [2.24, 2.45) is 12.5 Å². The summed E-state index contributed by atoms with van der Waals surface area (Å²) < 4.78 is 7.86. The third-order valence-electron chi connectivity index (χ3n) is 6.62. The third kappa shape index (κ3) is 4.62. The van der Waals surface area contributed by atoms with Gasteiger partial charge in [0.05, 0.1) is 30.6 Å². The van der Waals surface area contributed by atoms with Gasteiger partial charge in [0.15, 0.2) is 5.11 Å². The fraction of sp³-hybridized carbons (Fsp3) is 0.370. The summed E-state index contributed by atoms with van der Waals surface area (Å²) in [7, 11) is 3.68. The summed E-state index contributed by atoms with van der Waals surface area (Å²) in [6.45, 7) is 9.87. The van der Waals surface area contributed by atoms with Crippen LogP contribution in [0.5, 0.6) is 5.75 Å². The second kappa shape index (κ2) is 9.34. The maximum Gasteiger partial charge on any atom is 0.229 e. The molecule has 1 saturated heterocycles. The lowest BCUT2D eigenvalue weighted by Gasteiger charge is -2.29. The van der Waals surface area contributed by atoms with E-state index in [0.29, 0.717) is 16.5 Å². The first-order chi connectivity index (χ1) is 16.5. The second-order valence-corrected chi connectivity index (χ2v) is 10.4. The molecule has 1 aliphatic rings. The fourth-order valence-electron chi connectivity index (χ4n) is 4.38. The number of thiocarbonyl (C=S) groups is 1. The number of nitrogens with zero attached hydrogens (tertiary/aromatic N) is 3. The van der Waals surface area contributed by atoms with Crippen LogP contribution in [0.2, 0.25) is 0 Å². The highest BCUT2D eigenvalue weighted by molar-refractivity contribution is 7.80. The molecule has 3 heterocycles. The molecule has 2 atom stereocenters. The molecule has 0 spiro atoms. The van der Waals surface area contributed by atoms with Crippen molar-refractivity contribution in [2.75, 3.05) is 17.3 Å². The molecule has 0 radical (unpaired) electrons. The highest BCUT2D eigenvalue weighted by Crippen LogP contribution is 2.44. The first kappa shape index (κ1) is 24.7. The number of ether oxygens (including phenoxy) is 1. The Labute approximate surface area is 212 Å². The van der Waals surface area contributed by atoms with Crippen molar-refractivity contribution in [3.8, 4) is 5.75 Å². The summed E-state index contributed by atoms with van der Waals surface area (Å²) in [5, 5.41) is 7.10. The van der Waals surface area contributed by atoms with E-state index in [0.717, 1.165) is 11.4 Å². The Kier molecular flexibility index (Phi) is 6.60. The molecule has 1 aromatic carbocycles. The molecule has 1 aliphatic heterocycles. The van der Waals surface area contributed by atoms with Crippen LogP contribution in [0.4, 0.5) is 11.4 Å². The van der Waals surface area contributed by atoms with E-state index in [2.05, 4.69) is 52.0 Å². The van der Waals surface area contributed by atoms with E-state index in [9.17, 15) is 4.79 Å². The van der Waals surface area contributed by atoms with Crippen molar-refractivity contribution in [3.05, 3.63) is 71.3 Å². The van der Waals surface area contributed by atoms with Crippen molar-refractivity contribution in [2.45, 2.75) is 46.7 Å². The summed E-state index contributed by atoms with van der Waals surface area (Å²) in [6, 6.07) is 13.7. The molecule has 8 heteroatoms. The van der Waals surface area contributed by atoms with Crippen LogP contribution in [0.3, 0.4) is 0 Å². The molecule has 184 valence electrons. The van der Waals surface area contributed by atoms with Gasteiger partial charge in [-0.2, -0.15) is 0 Å². The lowest BCUT2D eigenvalue weighted by atomic mass is 9.95. The number of aromatic nitrogens is 2. The standard InChI is InChI=1S/C27H33N5O2S/c1-16-14-19(17(2)31(16)6)24-23(21-10-8-9-13-28-21)30-26(35)32(24)18-11-12-20(22(15-18)34-7)29-25(33)27(3,4)5/h8-15,23-24H,1-7H3,(H,29,33)(H,30,35)/t23-,24-/m0/s1. The number of carbonyl (C=O) groups is 1. The van der Waals surface area contributed by atoms with Crippen molar-refractivity contribution >= 4 is 34.6 Å². The van der Waals surface area contributed by atoms with E-state index in [4.69, 9.17) is 17.0 Å². The summed E-state index contributed by atoms with van der Waals surface area (Å²) in [5.41, 5.74) is 5.42. The Morgan fingerprint density at radius 3 is 2.49 bits per heavy atom. The number of aryl methyl sites for hydroxylation is 1. The van der Waals surface area contributed by atoms with Gasteiger partial charge in [0.25, 0.3) is 0 Å². The van der Waals surface area contributed by atoms with Crippen molar-refractivity contribution in [3.63, 3.8) is 0 Å². The highest BCUT2D eigenvalue weighted by Gasteiger charge is 2.42. The minimum absolute atomic E-state index is 0.0783. The molecule has 2 aromatic heterocycles. The van der Waals surface area contributed by atoms with Gasteiger partial charge in [0.2, 0.25) is 5.91 Å². The zero-order valence-electron chi connectivity index (χ0n) is 21.3. The average Bonchev–Trinajstić information content (AvgIpc) is 3.30. The second-order valence-electron chi connectivity index (χ2n) is 9.97. The van der Waals surface area contributed by atoms with Gasteiger partial charge in [-0.15, -0.1) is 0 Å². The third-order valence-corrected chi connectivity index (χ3v) is 6.94. The number of carbonyl (C=O) groups excluding carboxylic acids is 1. The summed E-state index contributed by atoms with van der Waals surface area (Å²) >= 11 is 5.86. The average molecular weight is 492 g/mol. The van der Waals surface area contributed by atoms with E-state index in [1.807, 2.05) is 57.2 Å². The SMILES string of the molecule is COc1cc(N2C(=S)N[C@@H](c3ccccn3)[C@@H]2c2cc(C)n(C)c2C)ccc1NC(=O)C(C)(C)C. The van der Waals surface area contributed by atoms with E-state index in [1.165, 1.54) is 17.0 Å². The van der Waals surface area contributed by atoms with Gasteiger partial charge >= 0.3 is 0 Å². The molecular weight excluding hydrogens is 458 g/mol. The smallest absolute Gasteiger partial charge is 0.229 e. The number of rotatable bonds is 5. The van der Waals surface area contributed by atoms with E-state index >= 15 is 0 Å². The molecule has 0 aliphatic carbocycles. The zero-order valence-corrected chi connectivity index (χ0v) is 22.2. The molecule has 3 aromatic rings. The van der Waals surface area contributed by atoms with Crippen LogP contribution >= 0.6 is 12.2 Å². The number of pyridine rings is 1. The number of nitrogens with one attached hydrogen (secondary N) is 2. The zero-order chi connectivity index (χ0) is 25.5. The van der Waals surface area contributed by atoms with E-state index in [-0.39, 0.29) is 18.0 Å². The maximum atomic E-state index is 12.6. The minimum atomic E-state index is -0.520. The first-order valence-corrected chi connectivity index (χ1v) is 12.1. The molecule has 0 bridgehead atoms. The van der Waals surface area contributed by atoms with E-state index in [1.54, 1.807) is 13.3 Å². The number of hydrogen-bond acceptors (Lipinski definition) is 4. The predicted octanol–water partition coefficient (Wildman–Crippen LogP) is 5.21. The summed E-state index contributed by atoms with van der Waals surface area (Å²) in [4.78, 5) is 19.3. The molecule has 0 saturated carbocycles. The van der Waals surface area contributed by atoms with Crippen molar-refractivity contribution in [1.82, 2.24) is 14.9 Å². The van der Waals surface area contributed by atoms with Gasteiger partial charge in [-0.05, 0) is 62.0 Å². The molecule has 35 heavy (non-hydrogen) atoms. The Morgan fingerprint density at radius 2 is 1.91 bits per heavy atom. The number of anilines is 2. The molecule has 7 nitrogen and oxygen atoms in total. The van der Waals surface area contributed by atoms with Gasteiger partial charge in [0, 0.05) is 41.8 Å². The Bertz CT molecular complexity index is 1260. The Balaban J connectivity index is 1.80. The van der Waals surface area contributed by atoms with Gasteiger partial charge in [-0.25, -0.2) is 0 Å². The minimum Gasteiger partial charge on any atom is -0.494 e. The van der Waals surface area contributed by atoms with Gasteiger partial charge < -0.3 is 24.8 Å². The normalized spacial score (nSPS) is 17.9. The van der Waals surface area contributed by atoms with Crippen LogP contribution in [0, 0.1) is 19.3 Å². The molecule has 4 rings (SSSR count). The van der Waals surface area contributed by atoms with Crippen molar-refractivity contribution in [1.29, 1.82) is 0 Å². The van der Waals surface area contributed by atoms with Crippen LogP contribution in [0.15, 0.2) is 48.7 Å². The Morgan fingerprint density at radius 1 is 1.17 bits per heavy atom. The van der Waals surface area contributed by atoms with Gasteiger partial charge in [-0.3, -0.25) is 9.78 Å². The van der Waals surface area contributed by atoms with Crippen molar-refractivity contribution < 1.29 is 9.53 Å². The lowest BCUT2D eigenvalue weighted by Crippen LogP contribution is -2.30. The number of methoxy groups -OCH3 is 1. The highest BCUT2D eigenvalue weighted by atomic mass is 32.1. The maximum absolute atomic E-state index is 12.6. The molecule has 1 amide bonds. The molecule has 1 fully saturated rings. The summed E-state index contributed by atoms with van der Waals surface area (Å²) in [5.74, 6) is 0.495. The Hall–Kier alpha value is -3.39. The topological polar surface area (TPSA) is 71.4 Å². The molecule has 2 N–H and O–H groups in total. The van der Waals surface area contributed by atoms with Crippen LogP contribution in [0.1, 0.15) is 55.5 Å². The fourth-order valence-corrected chi connectivity index (χ4v) is 4.72. The number of amides is 1. The van der Waals surface area contributed by atoms with Gasteiger partial charge in [-0.1, -0.05) is 26.8 Å². The molecule has 0 unspecified atom stereocenters. The van der Waals surface area contributed by atoms with Crippen LogP contribution in [0.25, 0.3) is 0 Å². The van der Waals surface area contributed by atoms with Crippen LogP contribution in [-0.2, 0) is 11.8 Å². The molecular formula is C27H33N5O2S. The predicted molar refractivity (Wildman–Crippen MR) is 144 cm³/mol. The van der Waals surface area contributed by atoms with Crippen LogP contribution in [-0.4, -0.2) is 27.7 Å². The van der Waals surface area contributed by atoms with Crippen LogP contribution < -0.4 is 20.3 Å². The number of hydrogen-bond donors (Lipinski definition) is 2. The quantitative estimate of drug-likeness (QED) is 0.478. The van der Waals surface area contributed by atoms with Gasteiger partial charge in [0.1, 0.15) is 5.75 Å². The largest absolute Gasteiger partial charge is 0.494 e. The number of benzene rings is 1. The monoisotopic (exact) mass is 491 g/mol. The summed E-state index contributed by atoms with van der Waals surface area (Å²) in [6.07, 6.45) is 1.80. The van der Waals surface area contributed by atoms with E-state index < -0.39 is 5.41 Å². The lowest BCUT2D eigenvalue weighted by molar-refractivity contribution is -0.123.